The fraction of sp³-hybridized carbons (Fsp3) is 0.368. The summed E-state index contributed by atoms with van der Waals surface area (Å²) in [6.07, 6.45) is 0.0934. The fourth-order valence-corrected chi connectivity index (χ4v) is 3.00. The molecule has 1 aliphatic heterocycles. The molecule has 0 amide bonds. The summed E-state index contributed by atoms with van der Waals surface area (Å²) in [5, 5.41) is 24.2. The van der Waals surface area contributed by atoms with Crippen molar-refractivity contribution in [2.24, 2.45) is 0 Å². The highest BCUT2D eigenvalue weighted by atomic mass is 16.6. The largest absolute Gasteiger partial charge is 0.484 e. The Bertz CT molecular complexity index is 752. The van der Waals surface area contributed by atoms with Gasteiger partial charge in [-0.15, -0.1) is 0 Å². The van der Waals surface area contributed by atoms with Gasteiger partial charge in [0, 0.05) is 19.2 Å². The average Bonchev–Trinajstić information content (AvgIpc) is 2.66. The number of benzene rings is 2. The standard InChI is InChI=1S/C19H22N2O5/c22-15(13-26-18-8-4-3-7-17(18)21(23)24)11-20-12-19-16-6-2-1-5-14(16)9-10-25-19/h1-8,15,19-20,22H,9-13H2/t15-,19-/m0/s1. The molecule has 1 heterocycles. The van der Waals surface area contributed by atoms with Gasteiger partial charge in [-0.3, -0.25) is 10.1 Å². The van der Waals surface area contributed by atoms with E-state index in [0.717, 1.165) is 6.42 Å². The molecule has 26 heavy (non-hydrogen) atoms. The van der Waals surface area contributed by atoms with Crippen LogP contribution in [0.1, 0.15) is 17.2 Å². The average molecular weight is 358 g/mol. The van der Waals surface area contributed by atoms with Gasteiger partial charge in [0.2, 0.25) is 0 Å². The number of fused-ring (bicyclic) bond motifs is 1. The molecule has 0 aliphatic carbocycles. The third-order valence-electron chi connectivity index (χ3n) is 4.30. The van der Waals surface area contributed by atoms with Crippen molar-refractivity contribution in [2.45, 2.75) is 18.6 Å². The number of nitrogens with one attached hydrogen (secondary N) is 1. The molecule has 0 fully saturated rings. The number of nitrogens with zero attached hydrogens (tertiary/aromatic N) is 1. The summed E-state index contributed by atoms with van der Waals surface area (Å²) in [7, 11) is 0. The Kier molecular flexibility index (Phi) is 6.17. The summed E-state index contributed by atoms with van der Waals surface area (Å²) in [6.45, 7) is 1.55. The molecule has 2 aromatic rings. The van der Waals surface area contributed by atoms with Crippen LogP contribution in [-0.2, 0) is 11.2 Å². The van der Waals surface area contributed by atoms with Crippen molar-refractivity contribution in [3.05, 3.63) is 69.8 Å². The number of aliphatic hydroxyl groups excluding tert-OH is 1. The summed E-state index contributed by atoms with van der Waals surface area (Å²) < 4.78 is 11.2. The highest BCUT2D eigenvalue weighted by Crippen LogP contribution is 2.27. The Morgan fingerprint density at radius 2 is 2.04 bits per heavy atom. The zero-order valence-electron chi connectivity index (χ0n) is 14.3. The molecule has 2 aromatic carbocycles. The molecule has 7 heteroatoms. The monoisotopic (exact) mass is 358 g/mol. The Hall–Kier alpha value is -2.48. The van der Waals surface area contributed by atoms with E-state index >= 15 is 0 Å². The van der Waals surface area contributed by atoms with Gasteiger partial charge in [0.1, 0.15) is 12.7 Å². The highest BCUT2D eigenvalue weighted by Gasteiger charge is 2.20. The van der Waals surface area contributed by atoms with E-state index in [1.807, 2.05) is 12.1 Å². The first-order valence-corrected chi connectivity index (χ1v) is 8.59. The van der Waals surface area contributed by atoms with Crippen molar-refractivity contribution < 1.29 is 19.5 Å². The van der Waals surface area contributed by atoms with E-state index < -0.39 is 11.0 Å². The van der Waals surface area contributed by atoms with Crippen LogP contribution in [0.3, 0.4) is 0 Å². The van der Waals surface area contributed by atoms with Gasteiger partial charge in [-0.25, -0.2) is 0 Å². The lowest BCUT2D eigenvalue weighted by atomic mass is 9.97. The number of nitro benzene ring substituents is 1. The molecule has 1 aliphatic rings. The van der Waals surface area contributed by atoms with Gasteiger partial charge >= 0.3 is 5.69 Å². The van der Waals surface area contributed by atoms with E-state index in [4.69, 9.17) is 9.47 Å². The molecule has 2 N–H and O–H groups in total. The van der Waals surface area contributed by atoms with Crippen LogP contribution in [0.25, 0.3) is 0 Å². The Labute approximate surface area is 151 Å². The first kappa shape index (κ1) is 18.3. The molecule has 0 radical (unpaired) electrons. The summed E-state index contributed by atoms with van der Waals surface area (Å²) >= 11 is 0. The van der Waals surface area contributed by atoms with Crippen molar-refractivity contribution >= 4 is 5.69 Å². The molecule has 0 aromatic heterocycles. The number of para-hydroxylation sites is 2. The molecule has 2 atom stereocenters. The van der Waals surface area contributed by atoms with Crippen LogP contribution in [0.15, 0.2) is 48.5 Å². The van der Waals surface area contributed by atoms with E-state index in [0.29, 0.717) is 19.7 Å². The van der Waals surface area contributed by atoms with Crippen molar-refractivity contribution in [1.29, 1.82) is 0 Å². The van der Waals surface area contributed by atoms with Gasteiger partial charge in [-0.05, 0) is 23.6 Å². The minimum atomic E-state index is -0.784. The number of aliphatic hydroxyl groups is 1. The lowest BCUT2D eigenvalue weighted by Gasteiger charge is -2.26. The van der Waals surface area contributed by atoms with Gasteiger partial charge in [0.05, 0.1) is 17.6 Å². The lowest BCUT2D eigenvalue weighted by molar-refractivity contribution is -0.385. The molecule has 0 saturated heterocycles. The second kappa shape index (κ2) is 8.75. The number of hydrogen-bond acceptors (Lipinski definition) is 6. The summed E-state index contributed by atoms with van der Waals surface area (Å²) in [5.41, 5.74) is 2.36. The first-order chi connectivity index (χ1) is 12.6. The minimum absolute atomic E-state index is 0.0278. The zero-order chi connectivity index (χ0) is 18.4. The predicted octanol–water partition coefficient (Wildman–Crippen LogP) is 2.24. The maximum Gasteiger partial charge on any atom is 0.310 e. The van der Waals surface area contributed by atoms with Crippen LogP contribution in [0.5, 0.6) is 5.75 Å². The molecule has 0 unspecified atom stereocenters. The third-order valence-corrected chi connectivity index (χ3v) is 4.30. The lowest BCUT2D eigenvalue weighted by Crippen LogP contribution is -2.35. The molecule has 7 nitrogen and oxygen atoms in total. The van der Waals surface area contributed by atoms with Crippen molar-refractivity contribution in [2.75, 3.05) is 26.3 Å². The second-order valence-corrected chi connectivity index (χ2v) is 6.16. The van der Waals surface area contributed by atoms with Gasteiger partial charge < -0.3 is 19.9 Å². The molecule has 138 valence electrons. The maximum atomic E-state index is 11.0. The quantitative estimate of drug-likeness (QED) is 0.555. The molecule has 3 rings (SSSR count). The van der Waals surface area contributed by atoms with Crippen LogP contribution >= 0.6 is 0 Å². The van der Waals surface area contributed by atoms with Crippen molar-refractivity contribution in [1.82, 2.24) is 5.32 Å². The zero-order valence-corrected chi connectivity index (χ0v) is 14.3. The van der Waals surface area contributed by atoms with Crippen LogP contribution in [0.4, 0.5) is 5.69 Å². The molecule has 0 bridgehead atoms. The van der Waals surface area contributed by atoms with Gasteiger partial charge in [-0.1, -0.05) is 36.4 Å². The number of rotatable bonds is 8. The molecular weight excluding hydrogens is 336 g/mol. The van der Waals surface area contributed by atoms with Gasteiger partial charge in [-0.2, -0.15) is 0 Å². The first-order valence-electron chi connectivity index (χ1n) is 8.59. The Morgan fingerprint density at radius 1 is 1.27 bits per heavy atom. The SMILES string of the molecule is O=[N+]([O-])c1ccccc1OC[C@@H](O)CNC[C@@H]1OCCc2ccccc21. The number of nitro groups is 1. The number of hydrogen-bond donors (Lipinski definition) is 2. The van der Waals surface area contributed by atoms with E-state index in [2.05, 4.69) is 17.4 Å². The Balaban J connectivity index is 1.46. The minimum Gasteiger partial charge on any atom is -0.484 e. The summed E-state index contributed by atoms with van der Waals surface area (Å²) in [5.74, 6) is 0.154. The van der Waals surface area contributed by atoms with E-state index in [1.165, 1.54) is 23.3 Å². The van der Waals surface area contributed by atoms with E-state index in [9.17, 15) is 15.2 Å². The Morgan fingerprint density at radius 3 is 2.88 bits per heavy atom. The normalized spacial score (nSPS) is 17.3. The third kappa shape index (κ3) is 4.57. The van der Waals surface area contributed by atoms with E-state index in [1.54, 1.807) is 12.1 Å². The summed E-state index contributed by atoms with van der Waals surface area (Å²) in [6, 6.07) is 14.3. The highest BCUT2D eigenvalue weighted by molar-refractivity contribution is 5.45. The van der Waals surface area contributed by atoms with E-state index in [-0.39, 0.29) is 24.1 Å². The molecular formula is C19H22N2O5. The van der Waals surface area contributed by atoms with Crippen LogP contribution in [-0.4, -0.2) is 42.4 Å². The van der Waals surface area contributed by atoms with Crippen molar-refractivity contribution in [3.8, 4) is 5.75 Å². The van der Waals surface area contributed by atoms with Crippen LogP contribution in [0, 0.1) is 10.1 Å². The fourth-order valence-electron chi connectivity index (χ4n) is 3.00. The van der Waals surface area contributed by atoms with Crippen molar-refractivity contribution in [3.63, 3.8) is 0 Å². The molecule has 0 spiro atoms. The van der Waals surface area contributed by atoms with Gasteiger partial charge in [0.15, 0.2) is 5.75 Å². The predicted molar refractivity (Wildman–Crippen MR) is 96.3 cm³/mol. The van der Waals surface area contributed by atoms with Crippen LogP contribution < -0.4 is 10.1 Å². The smallest absolute Gasteiger partial charge is 0.310 e. The topological polar surface area (TPSA) is 93.9 Å². The maximum absolute atomic E-state index is 11.0. The summed E-state index contributed by atoms with van der Waals surface area (Å²) in [4.78, 5) is 10.4. The van der Waals surface area contributed by atoms with Crippen LogP contribution in [0.2, 0.25) is 0 Å². The van der Waals surface area contributed by atoms with Gasteiger partial charge in [0.25, 0.3) is 0 Å². The number of ether oxygens (including phenoxy) is 2. The molecule has 0 saturated carbocycles. The second-order valence-electron chi connectivity index (χ2n) is 6.16.